The van der Waals surface area contributed by atoms with Crippen LogP contribution in [0.5, 0.6) is 0 Å². The highest BCUT2D eigenvalue weighted by atomic mass is 16.2. The first kappa shape index (κ1) is 13.7. The fourth-order valence-corrected chi connectivity index (χ4v) is 1.59. The number of carbonyl (C=O) groups is 1. The molecular formula is C13H20N2O2. The molecule has 4 N–H and O–H groups in total. The number of rotatable bonds is 6. The molecule has 1 unspecified atom stereocenters. The van der Waals surface area contributed by atoms with Crippen molar-refractivity contribution in [3.05, 3.63) is 29.8 Å². The second kappa shape index (κ2) is 7.04. The number of hydrogen-bond donors (Lipinski definition) is 3. The lowest BCUT2D eigenvalue weighted by Crippen LogP contribution is -2.28. The Balaban J connectivity index is 2.59. The van der Waals surface area contributed by atoms with E-state index >= 15 is 0 Å². The van der Waals surface area contributed by atoms with Crippen molar-refractivity contribution in [2.24, 2.45) is 11.7 Å². The van der Waals surface area contributed by atoms with Crippen LogP contribution in [0.4, 0.5) is 5.69 Å². The monoisotopic (exact) mass is 236 g/mol. The van der Waals surface area contributed by atoms with Crippen LogP contribution in [-0.4, -0.2) is 24.2 Å². The molecule has 4 heteroatoms. The predicted molar refractivity (Wildman–Crippen MR) is 68.7 cm³/mol. The number of aliphatic hydroxyl groups excluding tert-OH is 1. The van der Waals surface area contributed by atoms with Crippen molar-refractivity contribution in [2.45, 2.75) is 19.8 Å². The molecule has 0 saturated heterocycles. The Morgan fingerprint density at radius 3 is 2.53 bits per heavy atom. The molecule has 1 atom stereocenters. The lowest BCUT2D eigenvalue weighted by molar-refractivity contribution is -0.119. The molecule has 1 aromatic rings. The van der Waals surface area contributed by atoms with E-state index < -0.39 is 0 Å². The molecule has 0 aliphatic carbocycles. The van der Waals surface area contributed by atoms with Crippen LogP contribution in [0.3, 0.4) is 0 Å². The lowest BCUT2D eigenvalue weighted by atomic mass is 10.1. The van der Waals surface area contributed by atoms with Crippen molar-refractivity contribution in [2.75, 3.05) is 18.5 Å². The Bertz CT molecular complexity index is 345. The van der Waals surface area contributed by atoms with Crippen molar-refractivity contribution in [3.8, 4) is 0 Å². The van der Waals surface area contributed by atoms with Gasteiger partial charge in [-0.1, -0.05) is 19.1 Å². The fraction of sp³-hybridized carbons (Fsp3) is 0.462. The molecule has 1 amide bonds. The summed E-state index contributed by atoms with van der Waals surface area (Å²) in [6.07, 6.45) is 1.37. The Labute approximate surface area is 102 Å². The summed E-state index contributed by atoms with van der Waals surface area (Å²) in [5.74, 6) is -0.169. The van der Waals surface area contributed by atoms with E-state index in [0.29, 0.717) is 13.0 Å². The highest BCUT2D eigenvalue weighted by molar-refractivity contribution is 5.92. The Hall–Kier alpha value is -1.39. The van der Waals surface area contributed by atoms with Gasteiger partial charge >= 0.3 is 0 Å². The molecule has 0 bridgehead atoms. The van der Waals surface area contributed by atoms with Crippen LogP contribution in [0.2, 0.25) is 0 Å². The third-order valence-electron chi connectivity index (χ3n) is 2.77. The van der Waals surface area contributed by atoms with E-state index in [9.17, 15) is 4.79 Å². The van der Waals surface area contributed by atoms with Crippen molar-refractivity contribution >= 4 is 11.6 Å². The Morgan fingerprint density at radius 2 is 2.06 bits per heavy atom. The molecule has 0 spiro atoms. The molecule has 17 heavy (non-hydrogen) atoms. The average molecular weight is 236 g/mol. The van der Waals surface area contributed by atoms with E-state index in [4.69, 9.17) is 10.8 Å². The van der Waals surface area contributed by atoms with E-state index in [1.54, 1.807) is 0 Å². The fourth-order valence-electron chi connectivity index (χ4n) is 1.59. The van der Waals surface area contributed by atoms with Crippen molar-refractivity contribution in [3.63, 3.8) is 0 Å². The van der Waals surface area contributed by atoms with Crippen LogP contribution in [0.25, 0.3) is 0 Å². The molecule has 0 aliphatic heterocycles. The quantitative estimate of drug-likeness (QED) is 0.693. The number of hydrogen-bond acceptors (Lipinski definition) is 3. The maximum atomic E-state index is 11.8. The number of anilines is 1. The molecule has 0 heterocycles. The van der Waals surface area contributed by atoms with Crippen molar-refractivity contribution in [1.29, 1.82) is 0 Å². The van der Waals surface area contributed by atoms with Gasteiger partial charge in [-0.2, -0.15) is 0 Å². The van der Waals surface area contributed by atoms with Gasteiger partial charge in [-0.3, -0.25) is 4.79 Å². The summed E-state index contributed by atoms with van der Waals surface area (Å²) in [5, 5.41) is 11.6. The molecular weight excluding hydrogens is 216 g/mol. The maximum absolute atomic E-state index is 11.8. The van der Waals surface area contributed by atoms with E-state index in [0.717, 1.165) is 17.7 Å². The summed E-state index contributed by atoms with van der Waals surface area (Å²) in [7, 11) is 0. The summed E-state index contributed by atoms with van der Waals surface area (Å²) < 4.78 is 0. The second-order valence-corrected chi connectivity index (χ2v) is 4.00. The third-order valence-corrected chi connectivity index (χ3v) is 2.77. The number of benzene rings is 1. The summed E-state index contributed by atoms with van der Waals surface area (Å²) in [5.41, 5.74) is 7.33. The van der Waals surface area contributed by atoms with E-state index in [1.165, 1.54) is 0 Å². The molecule has 0 fully saturated rings. The molecule has 94 valence electrons. The average Bonchev–Trinajstić information content (AvgIpc) is 2.33. The van der Waals surface area contributed by atoms with Gasteiger partial charge in [0.2, 0.25) is 5.91 Å². The number of nitrogens with two attached hydrogens (primary N) is 1. The molecule has 0 aromatic heterocycles. The normalized spacial score (nSPS) is 12.2. The van der Waals surface area contributed by atoms with E-state index in [2.05, 4.69) is 5.32 Å². The predicted octanol–water partition coefficient (Wildman–Crippen LogP) is 1.14. The Morgan fingerprint density at radius 1 is 1.41 bits per heavy atom. The summed E-state index contributed by atoms with van der Waals surface area (Å²) in [6.45, 7) is 2.45. The standard InChI is InChI=1S/C13H20N2O2/c1-2-11(9-14)13(17)15-12-5-3-10(4-6-12)7-8-16/h3-6,11,16H,2,7-9,14H2,1H3,(H,15,17). The zero-order valence-corrected chi connectivity index (χ0v) is 10.1. The van der Waals surface area contributed by atoms with Gasteiger partial charge in [0.25, 0.3) is 0 Å². The summed E-state index contributed by atoms with van der Waals surface area (Å²) >= 11 is 0. The van der Waals surface area contributed by atoms with Gasteiger partial charge in [-0.25, -0.2) is 0 Å². The SMILES string of the molecule is CCC(CN)C(=O)Nc1ccc(CCO)cc1. The number of nitrogens with one attached hydrogen (secondary N) is 1. The zero-order chi connectivity index (χ0) is 12.7. The lowest BCUT2D eigenvalue weighted by Gasteiger charge is -2.12. The van der Waals surface area contributed by atoms with Crippen LogP contribution in [0.1, 0.15) is 18.9 Å². The van der Waals surface area contributed by atoms with Crippen molar-refractivity contribution < 1.29 is 9.90 Å². The molecule has 1 aromatic carbocycles. The zero-order valence-electron chi connectivity index (χ0n) is 10.1. The van der Waals surface area contributed by atoms with Crippen LogP contribution < -0.4 is 11.1 Å². The largest absolute Gasteiger partial charge is 0.396 e. The van der Waals surface area contributed by atoms with Crippen LogP contribution in [0, 0.1) is 5.92 Å². The molecule has 1 rings (SSSR count). The van der Waals surface area contributed by atoms with Crippen LogP contribution >= 0.6 is 0 Å². The van der Waals surface area contributed by atoms with Gasteiger partial charge in [0.05, 0.1) is 5.92 Å². The highest BCUT2D eigenvalue weighted by Gasteiger charge is 2.14. The van der Waals surface area contributed by atoms with Gasteiger partial charge in [-0.15, -0.1) is 0 Å². The minimum Gasteiger partial charge on any atom is -0.396 e. The van der Waals surface area contributed by atoms with Gasteiger partial charge in [0.1, 0.15) is 0 Å². The first-order valence-corrected chi connectivity index (χ1v) is 5.92. The van der Waals surface area contributed by atoms with E-state index in [-0.39, 0.29) is 18.4 Å². The number of carbonyl (C=O) groups excluding carboxylic acids is 1. The maximum Gasteiger partial charge on any atom is 0.228 e. The van der Waals surface area contributed by atoms with Gasteiger partial charge in [0, 0.05) is 18.8 Å². The molecule has 0 saturated carbocycles. The number of amides is 1. The summed E-state index contributed by atoms with van der Waals surface area (Å²) in [4.78, 5) is 11.8. The second-order valence-electron chi connectivity index (χ2n) is 4.00. The van der Waals surface area contributed by atoms with E-state index in [1.807, 2.05) is 31.2 Å². The van der Waals surface area contributed by atoms with Gasteiger partial charge < -0.3 is 16.2 Å². The topological polar surface area (TPSA) is 75.4 Å². The summed E-state index contributed by atoms with van der Waals surface area (Å²) in [6, 6.07) is 7.47. The van der Waals surface area contributed by atoms with Crippen LogP contribution in [-0.2, 0) is 11.2 Å². The van der Waals surface area contributed by atoms with Gasteiger partial charge in [0.15, 0.2) is 0 Å². The molecule has 0 aliphatic rings. The molecule has 4 nitrogen and oxygen atoms in total. The van der Waals surface area contributed by atoms with Crippen LogP contribution in [0.15, 0.2) is 24.3 Å². The minimum absolute atomic E-state index is 0.0371. The third kappa shape index (κ3) is 4.17. The molecule has 0 radical (unpaired) electrons. The Kier molecular flexibility index (Phi) is 5.66. The smallest absolute Gasteiger partial charge is 0.228 e. The van der Waals surface area contributed by atoms with Gasteiger partial charge in [-0.05, 0) is 30.5 Å². The first-order valence-electron chi connectivity index (χ1n) is 5.92. The minimum atomic E-state index is -0.132. The van der Waals surface area contributed by atoms with Crippen molar-refractivity contribution in [1.82, 2.24) is 0 Å². The number of aliphatic hydroxyl groups is 1. The highest BCUT2D eigenvalue weighted by Crippen LogP contribution is 2.12. The first-order chi connectivity index (χ1) is 8.21.